The summed E-state index contributed by atoms with van der Waals surface area (Å²) in [5.74, 6) is 1.76. The maximum absolute atomic E-state index is 5.93. The van der Waals surface area contributed by atoms with Crippen LogP contribution in [0.25, 0.3) is 0 Å². The van der Waals surface area contributed by atoms with Crippen molar-refractivity contribution in [2.24, 2.45) is 0 Å². The Kier molecular flexibility index (Phi) is 4.08. The molecule has 0 heterocycles. The Balaban J connectivity index is 1.69. The van der Waals surface area contributed by atoms with Crippen LogP contribution in [0.4, 0.5) is 0 Å². The van der Waals surface area contributed by atoms with Gasteiger partial charge in [0.1, 0.15) is 11.5 Å². The average Bonchev–Trinajstić information content (AvgIpc) is 3.25. The van der Waals surface area contributed by atoms with Gasteiger partial charge in [-0.15, -0.1) is 0 Å². The highest BCUT2D eigenvalue weighted by molar-refractivity contribution is 9.10. The maximum Gasteiger partial charge on any atom is 0.127 e. The minimum atomic E-state index is 0.730. The van der Waals surface area contributed by atoms with Crippen molar-refractivity contribution in [1.29, 1.82) is 0 Å². The Labute approximate surface area is 128 Å². The lowest BCUT2D eigenvalue weighted by Gasteiger charge is -2.09. The fourth-order valence-corrected chi connectivity index (χ4v) is 2.33. The summed E-state index contributed by atoms with van der Waals surface area (Å²) >= 11 is 3.50. The number of benzene rings is 2. The van der Waals surface area contributed by atoms with Crippen LogP contribution in [0.2, 0.25) is 0 Å². The minimum absolute atomic E-state index is 0.730. The third-order valence-corrected chi connectivity index (χ3v) is 4.33. The highest BCUT2D eigenvalue weighted by atomic mass is 79.9. The van der Waals surface area contributed by atoms with Gasteiger partial charge in [-0.1, -0.05) is 28.1 Å². The van der Waals surface area contributed by atoms with Crippen molar-refractivity contribution >= 4 is 15.9 Å². The van der Waals surface area contributed by atoms with Gasteiger partial charge in [-0.2, -0.15) is 0 Å². The summed E-state index contributed by atoms with van der Waals surface area (Å²) in [4.78, 5) is 0. The maximum atomic E-state index is 5.93. The Hall–Kier alpha value is -1.32. The molecule has 1 saturated carbocycles. The molecule has 3 rings (SSSR count). The SMILES string of the molecule is Cc1cc(Oc2cccc(CNC3CC3)c2)ccc1Br. The van der Waals surface area contributed by atoms with E-state index in [1.807, 2.05) is 30.3 Å². The van der Waals surface area contributed by atoms with Crippen molar-refractivity contribution in [3.05, 3.63) is 58.1 Å². The molecule has 2 aromatic rings. The molecule has 0 aliphatic heterocycles. The molecule has 1 aliphatic rings. The molecule has 2 aromatic carbocycles. The third-order valence-electron chi connectivity index (χ3n) is 3.44. The number of nitrogens with one attached hydrogen (secondary N) is 1. The van der Waals surface area contributed by atoms with E-state index in [0.29, 0.717) is 0 Å². The first-order valence-electron chi connectivity index (χ1n) is 6.97. The summed E-state index contributed by atoms with van der Waals surface area (Å²) in [6.45, 7) is 2.98. The Bertz CT molecular complexity index is 608. The van der Waals surface area contributed by atoms with Gasteiger partial charge in [0.15, 0.2) is 0 Å². The van der Waals surface area contributed by atoms with Crippen LogP contribution in [0.15, 0.2) is 46.9 Å². The number of hydrogen-bond donors (Lipinski definition) is 1. The average molecular weight is 332 g/mol. The van der Waals surface area contributed by atoms with Crippen molar-refractivity contribution in [3.63, 3.8) is 0 Å². The highest BCUT2D eigenvalue weighted by Gasteiger charge is 2.19. The van der Waals surface area contributed by atoms with Gasteiger partial charge in [-0.05, 0) is 61.2 Å². The zero-order valence-corrected chi connectivity index (χ0v) is 13.1. The van der Waals surface area contributed by atoms with Gasteiger partial charge < -0.3 is 10.1 Å². The van der Waals surface area contributed by atoms with Gasteiger partial charge in [-0.25, -0.2) is 0 Å². The van der Waals surface area contributed by atoms with Crippen molar-refractivity contribution in [2.45, 2.75) is 32.4 Å². The van der Waals surface area contributed by atoms with Crippen LogP contribution in [0.3, 0.4) is 0 Å². The van der Waals surface area contributed by atoms with Crippen molar-refractivity contribution in [1.82, 2.24) is 5.32 Å². The number of hydrogen-bond acceptors (Lipinski definition) is 2. The summed E-state index contributed by atoms with van der Waals surface area (Å²) in [5.41, 5.74) is 2.44. The second-order valence-electron chi connectivity index (χ2n) is 5.32. The van der Waals surface area contributed by atoms with Gasteiger partial charge in [-0.3, -0.25) is 0 Å². The van der Waals surface area contributed by atoms with Crippen LogP contribution in [0.1, 0.15) is 24.0 Å². The van der Waals surface area contributed by atoms with Gasteiger partial charge >= 0.3 is 0 Å². The first-order chi connectivity index (χ1) is 9.70. The quantitative estimate of drug-likeness (QED) is 0.849. The largest absolute Gasteiger partial charge is 0.457 e. The topological polar surface area (TPSA) is 21.3 Å². The van der Waals surface area contributed by atoms with E-state index >= 15 is 0 Å². The van der Waals surface area contributed by atoms with E-state index < -0.39 is 0 Å². The number of halogens is 1. The molecular weight excluding hydrogens is 314 g/mol. The molecule has 0 aromatic heterocycles. The van der Waals surface area contributed by atoms with Gasteiger partial charge in [0, 0.05) is 17.1 Å². The van der Waals surface area contributed by atoms with Crippen LogP contribution < -0.4 is 10.1 Å². The van der Waals surface area contributed by atoms with E-state index in [2.05, 4.69) is 40.3 Å². The first-order valence-corrected chi connectivity index (χ1v) is 7.76. The van der Waals surface area contributed by atoms with E-state index in [-0.39, 0.29) is 0 Å². The molecule has 0 unspecified atom stereocenters. The standard InChI is InChI=1S/C17H18BrNO/c1-12-9-16(7-8-17(12)18)20-15-4-2-3-13(10-15)11-19-14-5-6-14/h2-4,7-10,14,19H,5-6,11H2,1H3. The van der Waals surface area contributed by atoms with Crippen LogP contribution in [0.5, 0.6) is 11.5 Å². The lowest BCUT2D eigenvalue weighted by Crippen LogP contribution is -2.15. The molecule has 0 saturated heterocycles. The molecule has 1 N–H and O–H groups in total. The van der Waals surface area contributed by atoms with E-state index in [1.54, 1.807) is 0 Å². The molecule has 2 nitrogen and oxygen atoms in total. The molecule has 1 fully saturated rings. The Morgan fingerprint density at radius 3 is 2.70 bits per heavy atom. The predicted octanol–water partition coefficient (Wildman–Crippen LogP) is 4.80. The van der Waals surface area contributed by atoms with E-state index in [1.165, 1.54) is 24.0 Å². The molecular formula is C17H18BrNO. The normalized spacial score (nSPS) is 14.3. The Morgan fingerprint density at radius 1 is 1.15 bits per heavy atom. The monoisotopic (exact) mass is 331 g/mol. The minimum Gasteiger partial charge on any atom is -0.457 e. The molecule has 3 heteroatoms. The molecule has 0 amide bonds. The fourth-order valence-electron chi connectivity index (χ4n) is 2.09. The van der Waals surface area contributed by atoms with Gasteiger partial charge in [0.25, 0.3) is 0 Å². The first kappa shape index (κ1) is 13.7. The molecule has 0 radical (unpaired) electrons. The molecule has 0 bridgehead atoms. The number of aryl methyl sites for hydroxylation is 1. The fraction of sp³-hybridized carbons (Fsp3) is 0.294. The molecule has 0 spiro atoms. The van der Waals surface area contributed by atoms with E-state index in [9.17, 15) is 0 Å². The zero-order chi connectivity index (χ0) is 13.9. The summed E-state index contributed by atoms with van der Waals surface area (Å²) in [6.07, 6.45) is 2.63. The number of rotatable bonds is 5. The van der Waals surface area contributed by atoms with Crippen molar-refractivity contribution in [3.8, 4) is 11.5 Å². The van der Waals surface area contributed by atoms with E-state index in [0.717, 1.165) is 28.6 Å². The second kappa shape index (κ2) is 5.98. The number of ether oxygens (including phenoxy) is 1. The predicted molar refractivity (Wildman–Crippen MR) is 85.3 cm³/mol. The van der Waals surface area contributed by atoms with Crippen LogP contribution in [-0.4, -0.2) is 6.04 Å². The summed E-state index contributed by atoms with van der Waals surface area (Å²) in [6, 6.07) is 15.0. The van der Waals surface area contributed by atoms with Crippen LogP contribution in [0, 0.1) is 6.92 Å². The van der Waals surface area contributed by atoms with Gasteiger partial charge in [0.05, 0.1) is 0 Å². The summed E-state index contributed by atoms with van der Waals surface area (Å²) < 4.78 is 7.03. The highest BCUT2D eigenvalue weighted by Crippen LogP contribution is 2.27. The molecule has 104 valence electrons. The molecule has 20 heavy (non-hydrogen) atoms. The van der Waals surface area contributed by atoms with Crippen molar-refractivity contribution in [2.75, 3.05) is 0 Å². The smallest absolute Gasteiger partial charge is 0.127 e. The van der Waals surface area contributed by atoms with Gasteiger partial charge in [0.2, 0.25) is 0 Å². The Morgan fingerprint density at radius 2 is 1.95 bits per heavy atom. The van der Waals surface area contributed by atoms with Crippen molar-refractivity contribution < 1.29 is 4.74 Å². The molecule has 0 atom stereocenters. The lowest BCUT2D eigenvalue weighted by molar-refractivity contribution is 0.481. The third kappa shape index (κ3) is 3.62. The zero-order valence-electron chi connectivity index (χ0n) is 11.5. The summed E-state index contributed by atoms with van der Waals surface area (Å²) in [7, 11) is 0. The van der Waals surface area contributed by atoms with E-state index in [4.69, 9.17) is 4.74 Å². The molecule has 1 aliphatic carbocycles. The second-order valence-corrected chi connectivity index (χ2v) is 6.17. The summed E-state index contributed by atoms with van der Waals surface area (Å²) in [5, 5.41) is 3.52. The lowest BCUT2D eigenvalue weighted by atomic mass is 10.2. The van der Waals surface area contributed by atoms with Crippen LogP contribution in [-0.2, 0) is 6.54 Å². The van der Waals surface area contributed by atoms with Crippen LogP contribution >= 0.6 is 15.9 Å².